The Kier molecular flexibility index (Phi) is 5.32. The average molecular weight is 334 g/mol. The minimum Gasteiger partial charge on any atom is -0.482 e. The lowest BCUT2D eigenvalue weighted by atomic mass is 9.66. The van der Waals surface area contributed by atoms with Gasteiger partial charge in [-0.2, -0.15) is 0 Å². The molecule has 0 heterocycles. The van der Waals surface area contributed by atoms with Crippen LogP contribution in [0.15, 0.2) is 18.2 Å². The number of nitrogens with one attached hydrogen (secondary N) is 1. The molecule has 0 bridgehead atoms. The zero-order chi connectivity index (χ0) is 15.5. The molecule has 3 N–H and O–H groups in total. The molecule has 1 fully saturated rings. The largest absolute Gasteiger partial charge is 0.482 e. The fourth-order valence-corrected chi connectivity index (χ4v) is 2.86. The summed E-state index contributed by atoms with van der Waals surface area (Å²) in [4.78, 5) is 11.8. The summed E-state index contributed by atoms with van der Waals surface area (Å²) >= 11 is 11.7. The summed E-state index contributed by atoms with van der Waals surface area (Å²) in [6, 6.07) is 4.73. The van der Waals surface area contributed by atoms with E-state index in [1.165, 1.54) is 0 Å². The van der Waals surface area contributed by atoms with Gasteiger partial charge in [0.05, 0.1) is 18.2 Å². The van der Waals surface area contributed by atoms with E-state index in [1.807, 2.05) is 0 Å². The first-order valence-electron chi connectivity index (χ1n) is 6.57. The molecule has 21 heavy (non-hydrogen) atoms. The first kappa shape index (κ1) is 16.4. The van der Waals surface area contributed by atoms with Gasteiger partial charge in [-0.1, -0.05) is 23.2 Å². The molecule has 7 heteroatoms. The zero-order valence-electron chi connectivity index (χ0n) is 11.3. The molecule has 0 aliphatic heterocycles. The van der Waals surface area contributed by atoms with E-state index >= 15 is 0 Å². The first-order valence-corrected chi connectivity index (χ1v) is 7.32. The first-order chi connectivity index (χ1) is 9.98. The molecule has 1 aliphatic carbocycles. The molecule has 1 aromatic rings. The summed E-state index contributed by atoms with van der Waals surface area (Å²) in [5.74, 6) is 0.125. The molecule has 5 nitrogen and oxygen atoms in total. The highest BCUT2D eigenvalue weighted by Crippen LogP contribution is 2.40. The van der Waals surface area contributed by atoms with E-state index < -0.39 is 5.41 Å². The predicted octanol–water partition coefficient (Wildman–Crippen LogP) is 1.62. The lowest BCUT2D eigenvalue weighted by Crippen LogP contribution is -2.54. The standard InChI is InChI=1S/C14H17Cl2NO4/c15-9-1-2-12(11(16)3-9)21-6-13(20)17-10-4-14(5-10,7-18)8-19/h1-3,10,18-19H,4-8H2,(H,17,20). The van der Waals surface area contributed by atoms with Gasteiger partial charge >= 0.3 is 0 Å². The van der Waals surface area contributed by atoms with Gasteiger partial charge in [0.1, 0.15) is 5.75 Å². The van der Waals surface area contributed by atoms with E-state index in [0.717, 1.165) is 0 Å². The second-order valence-corrected chi connectivity index (χ2v) is 6.20. The van der Waals surface area contributed by atoms with Gasteiger partial charge in [-0.25, -0.2) is 0 Å². The normalized spacial score (nSPS) is 17.1. The van der Waals surface area contributed by atoms with Crippen LogP contribution in [0.2, 0.25) is 10.0 Å². The van der Waals surface area contributed by atoms with Gasteiger partial charge in [-0.05, 0) is 31.0 Å². The summed E-state index contributed by atoms with van der Waals surface area (Å²) in [6.07, 6.45) is 1.13. The highest BCUT2D eigenvalue weighted by molar-refractivity contribution is 6.35. The van der Waals surface area contributed by atoms with Crippen LogP contribution in [0.4, 0.5) is 0 Å². The van der Waals surface area contributed by atoms with Crippen molar-refractivity contribution in [3.63, 3.8) is 0 Å². The van der Waals surface area contributed by atoms with Gasteiger partial charge in [-0.15, -0.1) is 0 Å². The van der Waals surface area contributed by atoms with E-state index in [2.05, 4.69) is 5.32 Å². The third-order valence-corrected chi connectivity index (χ3v) is 4.18. The number of hydrogen-bond donors (Lipinski definition) is 3. The maximum atomic E-state index is 11.8. The van der Waals surface area contributed by atoms with E-state index in [1.54, 1.807) is 18.2 Å². The molecule has 116 valence electrons. The second-order valence-electron chi connectivity index (χ2n) is 5.35. The Hall–Kier alpha value is -1.01. The smallest absolute Gasteiger partial charge is 0.258 e. The average Bonchev–Trinajstić information content (AvgIpc) is 2.41. The molecule has 1 amide bonds. The third-order valence-electron chi connectivity index (χ3n) is 3.65. The zero-order valence-corrected chi connectivity index (χ0v) is 12.8. The quantitative estimate of drug-likeness (QED) is 0.739. The summed E-state index contributed by atoms with van der Waals surface area (Å²) in [6.45, 7) is -0.303. The number of carbonyl (C=O) groups excluding carboxylic acids is 1. The van der Waals surface area contributed by atoms with Crippen molar-refractivity contribution < 1.29 is 19.7 Å². The van der Waals surface area contributed by atoms with Crippen LogP contribution in [0.5, 0.6) is 5.75 Å². The Bertz CT molecular complexity index is 512. The summed E-state index contributed by atoms with van der Waals surface area (Å²) in [5, 5.41) is 22.0. The lowest BCUT2D eigenvalue weighted by molar-refractivity contribution is -0.126. The molecule has 1 aromatic carbocycles. The van der Waals surface area contributed by atoms with E-state index in [9.17, 15) is 15.0 Å². The molecule has 2 rings (SSSR count). The van der Waals surface area contributed by atoms with Crippen molar-refractivity contribution in [2.45, 2.75) is 18.9 Å². The highest BCUT2D eigenvalue weighted by atomic mass is 35.5. The Morgan fingerprint density at radius 2 is 2.00 bits per heavy atom. The molecule has 0 atom stereocenters. The number of aliphatic hydroxyl groups is 2. The van der Waals surface area contributed by atoms with Gasteiger partial charge in [0.15, 0.2) is 6.61 Å². The molecular weight excluding hydrogens is 317 g/mol. The maximum absolute atomic E-state index is 11.8. The van der Waals surface area contributed by atoms with Crippen LogP contribution in [0.25, 0.3) is 0 Å². The molecule has 0 unspecified atom stereocenters. The van der Waals surface area contributed by atoms with E-state index in [-0.39, 0.29) is 31.8 Å². The van der Waals surface area contributed by atoms with Crippen LogP contribution in [-0.4, -0.2) is 42.0 Å². The number of amides is 1. The van der Waals surface area contributed by atoms with Crippen LogP contribution >= 0.6 is 23.2 Å². The highest BCUT2D eigenvalue weighted by Gasteiger charge is 2.43. The Morgan fingerprint density at radius 3 is 2.57 bits per heavy atom. The Morgan fingerprint density at radius 1 is 1.33 bits per heavy atom. The van der Waals surface area contributed by atoms with Gasteiger partial charge in [0, 0.05) is 16.5 Å². The number of aliphatic hydroxyl groups excluding tert-OH is 2. The minimum atomic E-state index is -0.460. The fraction of sp³-hybridized carbons (Fsp3) is 0.500. The minimum absolute atomic E-state index is 0.0407. The van der Waals surface area contributed by atoms with Crippen molar-refractivity contribution in [3.05, 3.63) is 28.2 Å². The van der Waals surface area contributed by atoms with Gasteiger partial charge < -0.3 is 20.3 Å². The van der Waals surface area contributed by atoms with E-state index in [0.29, 0.717) is 28.6 Å². The van der Waals surface area contributed by atoms with Gasteiger partial charge in [-0.3, -0.25) is 4.79 Å². The molecule has 0 radical (unpaired) electrons. The van der Waals surface area contributed by atoms with Crippen LogP contribution < -0.4 is 10.1 Å². The molecule has 1 aliphatic rings. The number of ether oxygens (including phenoxy) is 1. The summed E-state index contributed by atoms with van der Waals surface area (Å²) in [7, 11) is 0. The number of hydrogen-bond acceptors (Lipinski definition) is 4. The SMILES string of the molecule is O=C(COc1ccc(Cl)cc1Cl)NC1CC(CO)(CO)C1. The van der Waals surface area contributed by atoms with Crippen molar-refractivity contribution in [1.82, 2.24) is 5.32 Å². The molecule has 1 saturated carbocycles. The van der Waals surface area contributed by atoms with Crippen LogP contribution in [0, 0.1) is 5.41 Å². The third kappa shape index (κ3) is 4.01. The number of benzene rings is 1. The monoisotopic (exact) mass is 333 g/mol. The van der Waals surface area contributed by atoms with E-state index in [4.69, 9.17) is 27.9 Å². The van der Waals surface area contributed by atoms with Gasteiger partial charge in [0.2, 0.25) is 0 Å². The lowest BCUT2D eigenvalue weighted by Gasteiger charge is -2.45. The summed E-state index contributed by atoms with van der Waals surface area (Å²) in [5.41, 5.74) is -0.460. The van der Waals surface area contributed by atoms with Crippen LogP contribution in [-0.2, 0) is 4.79 Å². The number of rotatable bonds is 6. The van der Waals surface area contributed by atoms with Crippen LogP contribution in [0.3, 0.4) is 0 Å². The Labute approximate surface area is 132 Å². The maximum Gasteiger partial charge on any atom is 0.258 e. The molecule has 0 spiro atoms. The van der Waals surface area contributed by atoms with Crippen molar-refractivity contribution in [2.24, 2.45) is 5.41 Å². The van der Waals surface area contributed by atoms with Crippen molar-refractivity contribution in [1.29, 1.82) is 0 Å². The fourth-order valence-electron chi connectivity index (χ4n) is 2.40. The topological polar surface area (TPSA) is 78.8 Å². The molecule has 0 aromatic heterocycles. The van der Waals surface area contributed by atoms with Crippen molar-refractivity contribution in [3.8, 4) is 5.75 Å². The molecule has 0 saturated heterocycles. The Balaban J connectivity index is 1.76. The second kappa shape index (κ2) is 6.83. The van der Waals surface area contributed by atoms with Crippen molar-refractivity contribution in [2.75, 3.05) is 19.8 Å². The predicted molar refractivity (Wildman–Crippen MR) is 79.7 cm³/mol. The van der Waals surface area contributed by atoms with Gasteiger partial charge in [0.25, 0.3) is 5.91 Å². The molecular formula is C14H17Cl2NO4. The number of carbonyl (C=O) groups is 1. The summed E-state index contributed by atoms with van der Waals surface area (Å²) < 4.78 is 5.33. The number of halogens is 2. The van der Waals surface area contributed by atoms with Crippen LogP contribution in [0.1, 0.15) is 12.8 Å². The van der Waals surface area contributed by atoms with Crippen molar-refractivity contribution >= 4 is 29.1 Å².